The van der Waals surface area contributed by atoms with Crippen molar-refractivity contribution in [2.24, 2.45) is 7.05 Å². The number of nitrogens with zero attached hydrogens (tertiary/aromatic N) is 4. The van der Waals surface area contributed by atoms with Crippen LogP contribution >= 0.6 is 0 Å². The van der Waals surface area contributed by atoms with E-state index in [1.165, 1.54) is 21.9 Å². The molecule has 2 aromatic rings. The Labute approximate surface area is 166 Å². The molecule has 2 amide bonds. The summed E-state index contributed by atoms with van der Waals surface area (Å²) in [4.78, 5) is 20.0. The van der Waals surface area contributed by atoms with Gasteiger partial charge in [0.05, 0.1) is 23.9 Å². The van der Waals surface area contributed by atoms with Gasteiger partial charge in [-0.3, -0.25) is 9.80 Å². The number of alkyl halides is 3. The van der Waals surface area contributed by atoms with Crippen molar-refractivity contribution in [2.45, 2.75) is 25.7 Å². The van der Waals surface area contributed by atoms with Crippen LogP contribution in [0.25, 0.3) is 5.70 Å². The van der Waals surface area contributed by atoms with Gasteiger partial charge in [-0.1, -0.05) is 18.7 Å². The fourth-order valence-corrected chi connectivity index (χ4v) is 3.10. The van der Waals surface area contributed by atoms with E-state index in [1.807, 2.05) is 0 Å². The minimum atomic E-state index is -4.41. The molecule has 7 nitrogen and oxygen atoms in total. The lowest BCUT2D eigenvalue weighted by molar-refractivity contribution is -0.137. The van der Waals surface area contributed by atoms with Crippen molar-refractivity contribution >= 4 is 23.5 Å². The quantitative estimate of drug-likeness (QED) is 0.795. The van der Waals surface area contributed by atoms with Gasteiger partial charge in [0.2, 0.25) is 5.95 Å². The number of imidazole rings is 1. The van der Waals surface area contributed by atoms with Crippen molar-refractivity contribution in [3.8, 4) is 0 Å². The van der Waals surface area contributed by atoms with E-state index >= 15 is 0 Å². The molecule has 1 aliphatic heterocycles. The van der Waals surface area contributed by atoms with Gasteiger partial charge in [-0.15, -0.1) is 0 Å². The first-order valence-corrected chi connectivity index (χ1v) is 8.90. The van der Waals surface area contributed by atoms with Crippen LogP contribution in [0.15, 0.2) is 30.8 Å². The maximum atomic E-state index is 12.8. The molecule has 156 valence electrons. The number of aliphatic hydroxyl groups excluding tert-OH is 1. The SMILES string of the molecule is C=C1c2c(nc(NCC(C)O)n2C)N(C)C(=O)N1Cc1ccc(C(F)(F)F)cc1. The number of amides is 2. The zero-order chi connectivity index (χ0) is 21.5. The first-order chi connectivity index (χ1) is 13.5. The van der Waals surface area contributed by atoms with Crippen LogP contribution in [0, 0.1) is 0 Å². The van der Waals surface area contributed by atoms with Crippen LogP contribution in [0.5, 0.6) is 0 Å². The molecule has 2 N–H and O–H groups in total. The zero-order valence-corrected chi connectivity index (χ0v) is 16.3. The fraction of sp³-hybridized carbons (Fsp3) is 0.368. The molecule has 0 saturated carbocycles. The molecule has 0 fully saturated rings. The Bertz CT molecular complexity index is 935. The van der Waals surface area contributed by atoms with Gasteiger partial charge >= 0.3 is 12.2 Å². The van der Waals surface area contributed by atoms with E-state index in [0.717, 1.165) is 12.1 Å². The molecule has 29 heavy (non-hydrogen) atoms. The number of nitrogens with one attached hydrogen (secondary N) is 1. The third kappa shape index (κ3) is 3.93. The Hall–Kier alpha value is -3.01. The van der Waals surface area contributed by atoms with Crippen molar-refractivity contribution < 1.29 is 23.1 Å². The molecule has 3 rings (SSSR count). The average molecular weight is 409 g/mol. The molecule has 1 atom stereocenters. The van der Waals surface area contributed by atoms with Crippen molar-refractivity contribution in [1.29, 1.82) is 0 Å². The Morgan fingerprint density at radius 3 is 2.41 bits per heavy atom. The van der Waals surface area contributed by atoms with Gasteiger partial charge in [-0.05, 0) is 24.6 Å². The highest BCUT2D eigenvalue weighted by atomic mass is 19.4. The Morgan fingerprint density at radius 2 is 1.86 bits per heavy atom. The summed E-state index contributed by atoms with van der Waals surface area (Å²) in [6.07, 6.45) is -5.00. The molecule has 0 saturated heterocycles. The maximum absolute atomic E-state index is 12.8. The number of carbonyl (C=O) groups excluding carboxylic acids is 1. The molecule has 1 unspecified atom stereocenters. The highest BCUT2D eigenvalue weighted by Gasteiger charge is 2.36. The topological polar surface area (TPSA) is 73.6 Å². The molecule has 2 heterocycles. The molecule has 10 heteroatoms. The number of urea groups is 1. The number of aromatic nitrogens is 2. The van der Waals surface area contributed by atoms with E-state index in [0.29, 0.717) is 28.7 Å². The molecule has 0 radical (unpaired) electrons. The number of halogens is 3. The van der Waals surface area contributed by atoms with Gasteiger partial charge in [0, 0.05) is 20.6 Å². The highest BCUT2D eigenvalue weighted by molar-refractivity contribution is 6.02. The van der Waals surface area contributed by atoms with E-state index in [4.69, 9.17) is 0 Å². The minimum absolute atomic E-state index is 0.0706. The van der Waals surface area contributed by atoms with Gasteiger partial charge in [-0.2, -0.15) is 18.2 Å². The molecule has 0 aliphatic carbocycles. The summed E-state index contributed by atoms with van der Waals surface area (Å²) in [6, 6.07) is 4.28. The van der Waals surface area contributed by atoms with Gasteiger partial charge < -0.3 is 15.0 Å². The zero-order valence-electron chi connectivity index (χ0n) is 16.3. The predicted molar refractivity (Wildman–Crippen MR) is 103 cm³/mol. The van der Waals surface area contributed by atoms with Crippen LogP contribution in [0.2, 0.25) is 0 Å². The minimum Gasteiger partial charge on any atom is -0.392 e. The van der Waals surface area contributed by atoms with Crippen molar-refractivity contribution in [2.75, 3.05) is 23.8 Å². The maximum Gasteiger partial charge on any atom is 0.416 e. The average Bonchev–Trinajstić information content (AvgIpc) is 2.98. The lowest BCUT2D eigenvalue weighted by atomic mass is 10.1. The summed E-state index contributed by atoms with van der Waals surface area (Å²) < 4.78 is 40.0. The summed E-state index contributed by atoms with van der Waals surface area (Å²) in [7, 11) is 3.32. The van der Waals surface area contributed by atoms with Crippen LogP contribution in [0.3, 0.4) is 0 Å². The standard InChI is InChI=1S/C19H22F3N5O2/c1-11(28)9-23-17-24-16-15(25(17)3)12(2)27(18(29)26(16)4)10-13-5-7-14(8-6-13)19(20,21)22/h5-8,11,28H,2,9-10H2,1,3-4H3,(H,23,24). The smallest absolute Gasteiger partial charge is 0.392 e. The van der Waals surface area contributed by atoms with E-state index in [9.17, 15) is 23.1 Å². The van der Waals surface area contributed by atoms with Gasteiger partial charge in [0.15, 0.2) is 5.82 Å². The summed E-state index contributed by atoms with van der Waals surface area (Å²) in [5.41, 5.74) is 0.791. The van der Waals surface area contributed by atoms with Crippen molar-refractivity contribution in [1.82, 2.24) is 14.5 Å². The third-order valence-corrected chi connectivity index (χ3v) is 4.69. The van der Waals surface area contributed by atoms with Crippen LogP contribution in [-0.4, -0.2) is 45.3 Å². The number of anilines is 2. The van der Waals surface area contributed by atoms with Crippen LogP contribution in [0.1, 0.15) is 23.7 Å². The largest absolute Gasteiger partial charge is 0.416 e. The second kappa shape index (κ2) is 7.43. The molecule has 1 aromatic carbocycles. The Kier molecular flexibility index (Phi) is 5.31. The van der Waals surface area contributed by atoms with Crippen LogP contribution in [0.4, 0.5) is 29.7 Å². The van der Waals surface area contributed by atoms with Crippen molar-refractivity contribution in [3.05, 3.63) is 47.7 Å². The lowest BCUT2D eigenvalue weighted by Gasteiger charge is -2.34. The monoisotopic (exact) mass is 409 g/mol. The molecular formula is C19H22F3N5O2. The molecular weight excluding hydrogens is 387 g/mol. The molecule has 1 aromatic heterocycles. The van der Waals surface area contributed by atoms with E-state index < -0.39 is 17.8 Å². The number of hydrogen-bond acceptors (Lipinski definition) is 4. The first-order valence-electron chi connectivity index (χ1n) is 8.90. The third-order valence-electron chi connectivity index (χ3n) is 4.69. The molecule has 0 spiro atoms. The summed E-state index contributed by atoms with van der Waals surface area (Å²) in [6.45, 7) is 5.99. The number of benzene rings is 1. The van der Waals surface area contributed by atoms with E-state index in [2.05, 4.69) is 16.9 Å². The molecule has 0 bridgehead atoms. The second-order valence-corrected chi connectivity index (χ2v) is 6.97. The van der Waals surface area contributed by atoms with Gasteiger partial charge in [-0.25, -0.2) is 4.79 Å². The number of aliphatic hydroxyl groups is 1. The predicted octanol–water partition coefficient (Wildman–Crippen LogP) is 3.27. The van der Waals surface area contributed by atoms with Gasteiger partial charge in [0.25, 0.3) is 0 Å². The van der Waals surface area contributed by atoms with Crippen molar-refractivity contribution in [3.63, 3.8) is 0 Å². The number of hydrogen-bond donors (Lipinski definition) is 2. The normalized spacial score (nSPS) is 15.6. The summed E-state index contributed by atoms with van der Waals surface area (Å²) >= 11 is 0. The van der Waals surface area contributed by atoms with E-state index in [-0.39, 0.29) is 19.1 Å². The summed E-state index contributed by atoms with van der Waals surface area (Å²) in [5, 5.41) is 12.5. The number of carbonyl (C=O) groups is 1. The Morgan fingerprint density at radius 1 is 1.24 bits per heavy atom. The second-order valence-electron chi connectivity index (χ2n) is 6.97. The number of fused-ring (bicyclic) bond motifs is 1. The molecule has 1 aliphatic rings. The van der Waals surface area contributed by atoms with Gasteiger partial charge in [0.1, 0.15) is 5.69 Å². The Balaban J connectivity index is 1.88. The summed E-state index contributed by atoms with van der Waals surface area (Å²) in [5.74, 6) is 0.882. The van der Waals surface area contributed by atoms with E-state index in [1.54, 1.807) is 25.6 Å². The lowest BCUT2D eigenvalue weighted by Crippen LogP contribution is -2.44. The highest BCUT2D eigenvalue weighted by Crippen LogP contribution is 2.36. The van der Waals surface area contributed by atoms with Crippen LogP contribution < -0.4 is 10.2 Å². The first kappa shape index (κ1) is 20.7. The fourth-order valence-electron chi connectivity index (χ4n) is 3.10. The number of rotatable bonds is 5. The van der Waals surface area contributed by atoms with Crippen LogP contribution in [-0.2, 0) is 19.8 Å².